The Morgan fingerprint density at radius 2 is 1.52 bits per heavy atom. The summed E-state index contributed by atoms with van der Waals surface area (Å²) < 4.78 is 59.0. The van der Waals surface area contributed by atoms with E-state index in [1.54, 1.807) is 74.1 Å². The number of amides is 3. The lowest BCUT2D eigenvalue weighted by Crippen LogP contribution is -2.50. The third-order valence-corrected chi connectivity index (χ3v) is 8.02. The number of hydrogen-bond acceptors (Lipinski definition) is 7. The van der Waals surface area contributed by atoms with Crippen molar-refractivity contribution in [2.75, 3.05) is 62.7 Å². The highest BCUT2D eigenvalue weighted by Crippen LogP contribution is 2.28. The number of aromatic nitrogens is 1. The van der Waals surface area contributed by atoms with E-state index in [1.165, 1.54) is 51.3 Å². The second-order valence-electron chi connectivity index (χ2n) is 12.4. The van der Waals surface area contributed by atoms with Crippen molar-refractivity contribution in [1.29, 1.82) is 0 Å². The van der Waals surface area contributed by atoms with Crippen molar-refractivity contribution in [2.24, 2.45) is 0 Å². The quantitative estimate of drug-likeness (QED) is 0.0990. The van der Waals surface area contributed by atoms with Crippen LogP contribution in [0.1, 0.15) is 40.5 Å². The first-order chi connectivity index (χ1) is 24.6. The average molecular weight is 731 g/mol. The molecule has 0 aliphatic heterocycles. The lowest BCUT2D eigenvalue weighted by molar-refractivity contribution is -0.126. The van der Waals surface area contributed by atoms with Crippen molar-refractivity contribution < 1.29 is 36.7 Å². The van der Waals surface area contributed by atoms with Gasteiger partial charge in [-0.05, 0) is 82.5 Å². The molecule has 0 radical (unpaired) electrons. The predicted molar refractivity (Wildman–Crippen MR) is 198 cm³/mol. The maximum absolute atomic E-state index is 14.1. The van der Waals surface area contributed by atoms with Crippen molar-refractivity contribution in [3.05, 3.63) is 89.7 Å². The number of halogens is 4. The van der Waals surface area contributed by atoms with Crippen LogP contribution < -0.4 is 30.1 Å². The normalized spacial score (nSPS) is 14.2. The molecule has 52 heavy (non-hydrogen) atoms. The lowest BCUT2D eigenvalue weighted by Gasteiger charge is -2.29. The van der Waals surface area contributed by atoms with Crippen LogP contribution in [0.5, 0.6) is 5.88 Å². The zero-order valence-electron chi connectivity index (χ0n) is 31.1. The highest BCUT2D eigenvalue weighted by atomic mass is 19.1. The van der Waals surface area contributed by atoms with Crippen LogP contribution in [0.3, 0.4) is 0 Å². The minimum atomic E-state index is -1.38. The monoisotopic (exact) mass is 730 g/mol. The molecule has 1 heterocycles. The minimum Gasteiger partial charge on any atom is -0.481 e. The Labute approximate surface area is 303 Å². The summed E-state index contributed by atoms with van der Waals surface area (Å²) in [6.45, 7) is 4.69. The Bertz CT molecular complexity index is 1620. The molecule has 2 unspecified atom stereocenters. The topological polar surface area (TPSA) is 107 Å². The molecular weight excluding hydrogens is 680 g/mol. The molecule has 10 nitrogen and oxygen atoms in total. The van der Waals surface area contributed by atoms with Gasteiger partial charge >= 0.3 is 0 Å². The smallest absolute Gasteiger partial charge is 0.249 e. The third kappa shape index (κ3) is 14.2. The number of nitrogens with one attached hydrogen (secondary N) is 2. The molecule has 2 N–H and O–H groups in total. The summed E-state index contributed by atoms with van der Waals surface area (Å²) in [6, 6.07) is 8.66. The maximum Gasteiger partial charge on any atom is 0.249 e. The van der Waals surface area contributed by atoms with Gasteiger partial charge in [-0.3, -0.25) is 14.4 Å². The number of nitrogens with zero attached hydrogens (tertiary/aromatic N) is 4. The van der Waals surface area contributed by atoms with Gasteiger partial charge in [0.2, 0.25) is 23.6 Å². The third-order valence-electron chi connectivity index (χ3n) is 8.02. The van der Waals surface area contributed by atoms with Crippen LogP contribution in [0.15, 0.2) is 89.7 Å². The number of benzene rings is 1. The molecule has 0 fully saturated rings. The van der Waals surface area contributed by atoms with E-state index in [0.717, 1.165) is 12.2 Å². The molecule has 3 amide bonds. The Morgan fingerprint density at radius 1 is 0.923 bits per heavy atom. The van der Waals surface area contributed by atoms with Crippen molar-refractivity contribution in [3.8, 4) is 5.88 Å². The van der Waals surface area contributed by atoms with Gasteiger partial charge in [0.15, 0.2) is 0 Å². The summed E-state index contributed by atoms with van der Waals surface area (Å²) in [5, 5.41) is 5.58. The van der Waals surface area contributed by atoms with Gasteiger partial charge in [0.25, 0.3) is 0 Å². The molecule has 3 atom stereocenters. The number of allylic oxidation sites excluding steroid dienone is 6. The number of ether oxygens (including phenoxy) is 1. The predicted octanol–water partition coefficient (Wildman–Crippen LogP) is 6.32. The van der Waals surface area contributed by atoms with Crippen LogP contribution >= 0.6 is 0 Å². The Hall–Kier alpha value is -5.14. The SMILES string of the molecule is COc1ccc(N(C)C(=O)[C@H](C/C(=C/C(C)F)CC=C(C)F)NC(=O)CN(C)c2ccccc2N(C)CC(=O)NC(C)/C(C)=C/C(F)=C\CF)cn1. The van der Waals surface area contributed by atoms with Gasteiger partial charge < -0.3 is 30.1 Å². The summed E-state index contributed by atoms with van der Waals surface area (Å²) in [6.07, 6.45) is 4.56. The molecular formula is C38H50F4N6O4. The highest BCUT2D eigenvalue weighted by molar-refractivity contribution is 5.99. The van der Waals surface area contributed by atoms with Crippen LogP contribution in [-0.4, -0.2) is 89.0 Å². The van der Waals surface area contributed by atoms with Gasteiger partial charge in [-0.1, -0.05) is 23.8 Å². The number of likely N-dealkylation sites (N-methyl/N-ethyl adjacent to an activating group) is 3. The van der Waals surface area contributed by atoms with Gasteiger partial charge in [-0.15, -0.1) is 0 Å². The summed E-state index contributed by atoms with van der Waals surface area (Å²) in [5.74, 6) is -2.23. The fourth-order valence-electron chi connectivity index (χ4n) is 5.16. The first kappa shape index (κ1) is 43.0. The number of hydrogen-bond donors (Lipinski definition) is 2. The van der Waals surface area contributed by atoms with Gasteiger partial charge in [-0.25, -0.2) is 22.5 Å². The molecule has 0 saturated carbocycles. The van der Waals surface area contributed by atoms with Crippen molar-refractivity contribution in [2.45, 2.75) is 58.8 Å². The van der Waals surface area contributed by atoms with Crippen LogP contribution in [-0.2, 0) is 14.4 Å². The number of rotatable bonds is 19. The Kier molecular flexibility index (Phi) is 17.6. The fraction of sp³-hybridized carbons (Fsp3) is 0.421. The largest absolute Gasteiger partial charge is 0.481 e. The molecule has 1 aromatic carbocycles. The van der Waals surface area contributed by atoms with Crippen molar-refractivity contribution >= 4 is 34.8 Å². The minimum absolute atomic E-state index is 0.0406. The zero-order chi connectivity index (χ0) is 39.0. The second-order valence-corrected chi connectivity index (χ2v) is 12.4. The second kappa shape index (κ2) is 21.3. The summed E-state index contributed by atoms with van der Waals surface area (Å²) in [4.78, 5) is 49.1. The van der Waals surface area contributed by atoms with Gasteiger partial charge in [0.1, 0.15) is 24.7 Å². The molecule has 14 heteroatoms. The summed E-state index contributed by atoms with van der Waals surface area (Å²) in [5.41, 5.74) is 2.58. The summed E-state index contributed by atoms with van der Waals surface area (Å²) >= 11 is 0. The van der Waals surface area contributed by atoms with Gasteiger partial charge in [-0.2, -0.15) is 0 Å². The fourth-order valence-corrected chi connectivity index (χ4v) is 5.16. The number of alkyl halides is 2. The zero-order valence-corrected chi connectivity index (χ0v) is 31.1. The van der Waals surface area contributed by atoms with E-state index in [9.17, 15) is 31.9 Å². The molecule has 284 valence electrons. The number of carbonyl (C=O) groups excluding carboxylic acids is 3. The summed E-state index contributed by atoms with van der Waals surface area (Å²) in [7, 11) is 6.37. The van der Waals surface area contributed by atoms with Crippen LogP contribution in [0.2, 0.25) is 0 Å². The van der Waals surface area contributed by atoms with E-state index in [0.29, 0.717) is 34.1 Å². The van der Waals surface area contributed by atoms with Gasteiger partial charge in [0, 0.05) is 33.3 Å². The molecule has 2 rings (SSSR count). The molecule has 0 aliphatic rings. The van der Waals surface area contributed by atoms with E-state index in [2.05, 4.69) is 15.6 Å². The van der Waals surface area contributed by atoms with E-state index < -0.39 is 48.4 Å². The number of methoxy groups -OCH3 is 1. The molecule has 0 saturated heterocycles. The Balaban J connectivity index is 2.27. The number of para-hydroxylation sites is 2. The first-order valence-corrected chi connectivity index (χ1v) is 16.7. The van der Waals surface area contributed by atoms with E-state index in [-0.39, 0.29) is 31.8 Å². The van der Waals surface area contributed by atoms with E-state index in [4.69, 9.17) is 4.74 Å². The van der Waals surface area contributed by atoms with Crippen molar-refractivity contribution in [3.63, 3.8) is 0 Å². The Morgan fingerprint density at radius 3 is 2.02 bits per heavy atom. The van der Waals surface area contributed by atoms with Crippen molar-refractivity contribution in [1.82, 2.24) is 15.6 Å². The van der Waals surface area contributed by atoms with Crippen LogP contribution in [0.25, 0.3) is 0 Å². The number of anilines is 3. The van der Waals surface area contributed by atoms with E-state index in [1.807, 2.05) is 0 Å². The lowest BCUT2D eigenvalue weighted by atomic mass is 10.00. The molecule has 2 aromatic rings. The van der Waals surface area contributed by atoms with Crippen LogP contribution in [0.4, 0.5) is 34.6 Å². The standard InChI is InChI=1S/C38H50F4N6O4/c1-25(19-30(42)17-18-39)28(4)44-35(49)23-46(5)33-11-9-10-12-34(33)47(6)24-36(50)45-32(21-29(20-27(3)41)14-13-26(2)40)38(51)48(7)31-15-16-37(52-8)43-22-31/h9-13,15-17,19-20,22,27-28,32H,14,18,21,23-24H2,1-8H3,(H,44,49)(H,45,50)/b25-19+,26-13?,29-20+,30-17+/t27?,28?,32-/m0/s1. The molecule has 0 aliphatic carbocycles. The first-order valence-electron chi connectivity index (χ1n) is 16.7. The molecule has 0 spiro atoms. The average Bonchev–Trinajstić information content (AvgIpc) is 3.09. The van der Waals surface area contributed by atoms with Crippen LogP contribution in [0, 0.1) is 0 Å². The highest BCUT2D eigenvalue weighted by Gasteiger charge is 2.27. The molecule has 1 aromatic heterocycles. The number of pyridine rings is 1. The number of carbonyl (C=O) groups is 3. The molecule has 0 bridgehead atoms. The van der Waals surface area contributed by atoms with Gasteiger partial charge in [0.05, 0.1) is 49.3 Å². The van der Waals surface area contributed by atoms with E-state index >= 15 is 0 Å². The maximum atomic E-state index is 14.1.